The molecule has 18 heavy (non-hydrogen) atoms. The van der Waals surface area contributed by atoms with Crippen molar-refractivity contribution in [2.45, 2.75) is 39.9 Å². The largest absolute Gasteiger partial charge is 0.480 e. The Morgan fingerprint density at radius 2 is 1.72 bits per heavy atom. The normalized spacial score (nSPS) is 11.9. The van der Waals surface area contributed by atoms with Crippen LogP contribution in [-0.4, -0.2) is 41.0 Å². The van der Waals surface area contributed by atoms with Crippen LogP contribution >= 0.6 is 19.8 Å². The van der Waals surface area contributed by atoms with Crippen molar-refractivity contribution in [3.05, 3.63) is 0 Å². The molecule has 0 amide bonds. The second-order valence-electron chi connectivity index (χ2n) is 4.25. The lowest BCUT2D eigenvalue weighted by Crippen LogP contribution is -2.31. The maximum absolute atomic E-state index is 12.4. The third-order valence-electron chi connectivity index (χ3n) is 1.52. The van der Waals surface area contributed by atoms with Gasteiger partial charge in [-0.15, -0.1) is 0 Å². The van der Waals surface area contributed by atoms with Gasteiger partial charge in [-0.2, -0.15) is 0 Å². The Kier molecular flexibility index (Phi) is 7.62. The van der Waals surface area contributed by atoms with Gasteiger partial charge in [0.05, 0.1) is 17.2 Å². The van der Waals surface area contributed by atoms with Crippen molar-refractivity contribution in [3.63, 3.8) is 0 Å². The van der Waals surface area contributed by atoms with Crippen LogP contribution < -0.4 is 5.32 Å². The minimum absolute atomic E-state index is 0.119. The van der Waals surface area contributed by atoms with Crippen LogP contribution in [0.4, 0.5) is 0 Å². The van der Waals surface area contributed by atoms with Crippen LogP contribution in [0.2, 0.25) is 0 Å². The molecule has 0 aromatic rings. The van der Waals surface area contributed by atoms with Crippen molar-refractivity contribution in [3.8, 4) is 0 Å². The van der Waals surface area contributed by atoms with Crippen molar-refractivity contribution in [2.24, 2.45) is 0 Å². The Labute approximate surface area is 113 Å². The van der Waals surface area contributed by atoms with E-state index in [0.717, 1.165) is 0 Å². The zero-order valence-electron chi connectivity index (χ0n) is 11.0. The van der Waals surface area contributed by atoms with Crippen LogP contribution in [0.3, 0.4) is 0 Å². The van der Waals surface area contributed by atoms with Gasteiger partial charge in [0.15, 0.2) is 0 Å². The molecule has 0 bridgehead atoms. The standard InChI is InChI=1S/C10H20NO5PS/c1-7(2)15-17(14,16-8(3)4)6-9(18)11-5-10(12)13/h7-8H,5-6H2,1-4H3,(H,11,18)(H,12,13). The highest BCUT2D eigenvalue weighted by Crippen LogP contribution is 2.50. The molecule has 106 valence electrons. The van der Waals surface area contributed by atoms with Gasteiger partial charge in [-0.05, 0) is 27.7 Å². The molecular formula is C10H20NO5PS. The first-order valence-corrected chi connectivity index (χ1v) is 7.72. The van der Waals surface area contributed by atoms with Gasteiger partial charge in [-0.3, -0.25) is 9.36 Å². The van der Waals surface area contributed by atoms with Crippen LogP contribution in [0.1, 0.15) is 27.7 Å². The molecule has 0 atom stereocenters. The van der Waals surface area contributed by atoms with Gasteiger partial charge in [0, 0.05) is 0 Å². The molecule has 0 saturated carbocycles. The fourth-order valence-electron chi connectivity index (χ4n) is 1.15. The first-order valence-electron chi connectivity index (χ1n) is 5.59. The van der Waals surface area contributed by atoms with Gasteiger partial charge in [-0.1, -0.05) is 12.2 Å². The number of carboxylic acid groups (broad SMARTS) is 1. The molecule has 0 aliphatic carbocycles. The van der Waals surface area contributed by atoms with Crippen LogP contribution in [-0.2, 0) is 18.4 Å². The summed E-state index contributed by atoms with van der Waals surface area (Å²) in [7, 11) is -3.34. The number of rotatable bonds is 8. The number of carbonyl (C=O) groups is 1. The maximum Gasteiger partial charge on any atom is 0.337 e. The number of aliphatic carboxylic acids is 1. The summed E-state index contributed by atoms with van der Waals surface area (Å²) >= 11 is 4.92. The predicted octanol–water partition coefficient (Wildman–Crippen LogP) is 2.03. The fraction of sp³-hybridized carbons (Fsp3) is 0.800. The number of carboxylic acids is 1. The Morgan fingerprint density at radius 3 is 2.06 bits per heavy atom. The van der Waals surface area contributed by atoms with E-state index < -0.39 is 13.6 Å². The van der Waals surface area contributed by atoms with Crippen LogP contribution in [0.15, 0.2) is 0 Å². The summed E-state index contributed by atoms with van der Waals surface area (Å²) < 4.78 is 22.9. The maximum atomic E-state index is 12.4. The van der Waals surface area contributed by atoms with Gasteiger partial charge in [0.2, 0.25) is 0 Å². The molecule has 0 heterocycles. The molecule has 0 aliphatic rings. The van der Waals surface area contributed by atoms with E-state index in [-0.39, 0.29) is 29.9 Å². The fourth-order valence-corrected chi connectivity index (χ4v) is 3.64. The second-order valence-corrected chi connectivity index (χ2v) is 6.70. The van der Waals surface area contributed by atoms with Crippen LogP contribution in [0.5, 0.6) is 0 Å². The van der Waals surface area contributed by atoms with Crippen molar-refractivity contribution in [2.75, 3.05) is 12.7 Å². The topological polar surface area (TPSA) is 84.9 Å². The Morgan fingerprint density at radius 1 is 1.28 bits per heavy atom. The lowest BCUT2D eigenvalue weighted by Gasteiger charge is -2.23. The van der Waals surface area contributed by atoms with Crippen LogP contribution in [0.25, 0.3) is 0 Å². The lowest BCUT2D eigenvalue weighted by atomic mass is 10.5. The average molecular weight is 297 g/mol. The van der Waals surface area contributed by atoms with E-state index in [4.69, 9.17) is 26.4 Å². The lowest BCUT2D eigenvalue weighted by molar-refractivity contribution is -0.135. The zero-order chi connectivity index (χ0) is 14.3. The van der Waals surface area contributed by atoms with E-state index in [0.29, 0.717) is 0 Å². The minimum atomic E-state index is -3.34. The molecule has 2 N–H and O–H groups in total. The van der Waals surface area contributed by atoms with Crippen molar-refractivity contribution < 1.29 is 23.5 Å². The molecule has 0 spiro atoms. The summed E-state index contributed by atoms with van der Waals surface area (Å²) in [6.45, 7) is 6.64. The van der Waals surface area contributed by atoms with Crippen molar-refractivity contribution in [1.82, 2.24) is 5.32 Å². The highest BCUT2D eigenvalue weighted by molar-refractivity contribution is 7.81. The SMILES string of the molecule is CC(C)OP(=O)(CC(=S)NCC(=O)O)OC(C)C. The molecule has 0 unspecified atom stereocenters. The number of hydrogen-bond acceptors (Lipinski definition) is 5. The molecule has 8 heteroatoms. The zero-order valence-corrected chi connectivity index (χ0v) is 12.7. The third kappa shape index (κ3) is 8.58. The van der Waals surface area contributed by atoms with E-state index in [9.17, 15) is 9.36 Å². The third-order valence-corrected chi connectivity index (χ3v) is 4.21. The van der Waals surface area contributed by atoms with E-state index in [1.54, 1.807) is 27.7 Å². The monoisotopic (exact) mass is 297 g/mol. The van der Waals surface area contributed by atoms with Gasteiger partial charge in [0.1, 0.15) is 12.7 Å². The Bertz CT molecular complexity index is 331. The number of nitrogens with one attached hydrogen (secondary N) is 1. The molecule has 0 rings (SSSR count). The molecule has 0 aromatic carbocycles. The highest BCUT2D eigenvalue weighted by Gasteiger charge is 2.29. The Balaban J connectivity index is 4.53. The minimum Gasteiger partial charge on any atom is -0.480 e. The molecule has 0 fully saturated rings. The smallest absolute Gasteiger partial charge is 0.337 e. The summed E-state index contributed by atoms with van der Waals surface area (Å²) in [6.07, 6.45) is -0.653. The average Bonchev–Trinajstić information content (AvgIpc) is 2.10. The van der Waals surface area contributed by atoms with Crippen molar-refractivity contribution >= 4 is 30.8 Å². The highest BCUT2D eigenvalue weighted by atomic mass is 32.1. The quantitative estimate of drug-likeness (QED) is 0.523. The van der Waals surface area contributed by atoms with Gasteiger partial charge < -0.3 is 19.5 Å². The summed E-state index contributed by atoms with van der Waals surface area (Å²) in [5.41, 5.74) is 0. The van der Waals surface area contributed by atoms with Crippen LogP contribution in [0, 0.1) is 0 Å². The molecule has 0 aliphatic heterocycles. The first-order chi connectivity index (χ1) is 8.14. The molecular weight excluding hydrogens is 277 g/mol. The molecule has 0 aromatic heterocycles. The van der Waals surface area contributed by atoms with Gasteiger partial charge >= 0.3 is 13.6 Å². The predicted molar refractivity (Wildman–Crippen MR) is 73.2 cm³/mol. The van der Waals surface area contributed by atoms with E-state index in [1.165, 1.54) is 0 Å². The molecule has 0 radical (unpaired) electrons. The summed E-state index contributed by atoms with van der Waals surface area (Å²) in [5.74, 6) is -1.04. The van der Waals surface area contributed by atoms with E-state index in [1.807, 2.05) is 0 Å². The summed E-state index contributed by atoms with van der Waals surface area (Å²) in [6, 6.07) is 0. The van der Waals surface area contributed by atoms with Gasteiger partial charge in [0.25, 0.3) is 0 Å². The number of hydrogen-bond donors (Lipinski definition) is 2. The summed E-state index contributed by atoms with van der Waals surface area (Å²) in [4.78, 5) is 10.5. The van der Waals surface area contributed by atoms with Gasteiger partial charge in [-0.25, -0.2) is 0 Å². The van der Waals surface area contributed by atoms with E-state index >= 15 is 0 Å². The molecule has 0 saturated heterocycles. The molecule has 6 nitrogen and oxygen atoms in total. The van der Waals surface area contributed by atoms with E-state index in [2.05, 4.69) is 5.32 Å². The van der Waals surface area contributed by atoms with Crippen molar-refractivity contribution in [1.29, 1.82) is 0 Å². The summed E-state index contributed by atoms with van der Waals surface area (Å²) in [5, 5.41) is 11.0. The number of thiocarbonyl (C=S) groups is 1. The Hall–Kier alpha value is -0.490. The first kappa shape index (κ1) is 17.5. The second kappa shape index (κ2) is 7.84.